The summed E-state index contributed by atoms with van der Waals surface area (Å²) in [5.41, 5.74) is -0.0293. The Morgan fingerprint density at radius 2 is 2.11 bits per heavy atom. The summed E-state index contributed by atoms with van der Waals surface area (Å²) in [5, 5.41) is 0. The highest BCUT2D eigenvalue weighted by Gasteiger charge is 2.48. The maximum atomic E-state index is 5.53. The lowest BCUT2D eigenvalue weighted by atomic mass is 9.89. The molecule has 1 heterocycles. The molecule has 0 saturated carbocycles. The molecule has 0 fully saturated rings. The first-order valence-corrected chi connectivity index (χ1v) is 7.38. The van der Waals surface area contributed by atoms with Crippen molar-refractivity contribution in [1.29, 1.82) is 0 Å². The summed E-state index contributed by atoms with van der Waals surface area (Å²) in [5.74, 6) is 0.846. The molecule has 0 bridgehead atoms. The second-order valence-corrected chi connectivity index (χ2v) is 7.96. The van der Waals surface area contributed by atoms with Crippen LogP contribution < -0.4 is 0 Å². The molecule has 1 aliphatic heterocycles. The molecule has 2 unspecified atom stereocenters. The largest absolute Gasteiger partial charge is 0.483 e. The number of aliphatic imine (C=N–C) groups is 1. The van der Waals surface area contributed by atoms with Crippen molar-refractivity contribution >= 4 is 28.5 Å². The zero-order valence-corrected chi connectivity index (χ0v) is 14.7. The lowest BCUT2D eigenvalue weighted by Gasteiger charge is -2.38. The Morgan fingerprint density at radius 1 is 1.56 bits per heavy atom. The average molecular weight is 364 g/mol. The van der Waals surface area contributed by atoms with Crippen LogP contribution in [-0.2, 0) is 4.74 Å². The van der Waals surface area contributed by atoms with E-state index in [0.717, 1.165) is 12.3 Å². The van der Waals surface area contributed by atoms with E-state index >= 15 is 0 Å². The summed E-state index contributed by atoms with van der Waals surface area (Å²) in [4.78, 5) is 7.11. The number of ether oxygens (including phenoxy) is 1. The molecule has 0 aromatic rings. The van der Waals surface area contributed by atoms with Crippen LogP contribution in [0.25, 0.3) is 0 Å². The Balaban J connectivity index is 3.06. The molecule has 0 aromatic carbocycles. The number of halogens is 1. The Morgan fingerprint density at radius 3 is 2.50 bits per heavy atom. The number of rotatable bonds is 2. The van der Waals surface area contributed by atoms with E-state index in [1.165, 1.54) is 3.58 Å². The molecule has 4 heteroatoms. The van der Waals surface area contributed by atoms with Crippen molar-refractivity contribution in [2.45, 2.75) is 52.7 Å². The minimum Gasteiger partial charge on any atom is -0.483 e. The van der Waals surface area contributed by atoms with Gasteiger partial charge in [-0.05, 0) is 58.9 Å². The van der Waals surface area contributed by atoms with Gasteiger partial charge in [0.2, 0.25) is 5.90 Å². The molecule has 0 aromatic heterocycles. The predicted molar refractivity (Wildman–Crippen MR) is 86.2 cm³/mol. The molecule has 0 N–H and O–H groups in total. The summed E-state index contributed by atoms with van der Waals surface area (Å²) in [6, 6.07) is 0. The van der Waals surface area contributed by atoms with Crippen LogP contribution in [0.1, 0.15) is 41.0 Å². The number of methoxy groups -OCH3 is 1. The molecule has 0 radical (unpaired) electrons. The van der Waals surface area contributed by atoms with Crippen molar-refractivity contribution < 1.29 is 4.74 Å². The summed E-state index contributed by atoms with van der Waals surface area (Å²) in [7, 11) is 3.86. The fourth-order valence-electron chi connectivity index (χ4n) is 2.38. The van der Waals surface area contributed by atoms with Gasteiger partial charge in [0.25, 0.3) is 0 Å². The Labute approximate surface area is 125 Å². The van der Waals surface area contributed by atoms with Gasteiger partial charge < -0.3 is 4.74 Å². The second-order valence-electron chi connectivity index (χ2n) is 6.26. The van der Waals surface area contributed by atoms with Gasteiger partial charge in [-0.25, -0.2) is 4.99 Å². The third-order valence-electron chi connectivity index (χ3n) is 3.59. The Bertz CT molecular complexity index is 366. The van der Waals surface area contributed by atoms with E-state index in [1.54, 1.807) is 7.11 Å². The van der Waals surface area contributed by atoms with E-state index in [-0.39, 0.29) is 17.1 Å². The van der Waals surface area contributed by atoms with Crippen molar-refractivity contribution in [2.24, 2.45) is 10.4 Å². The number of hydrogen-bond donors (Lipinski definition) is 0. The fraction of sp³-hybridized carbons (Fsp3) is 0.786. The molecule has 1 aliphatic rings. The molecule has 104 valence electrons. The standard InChI is InChI=1S/C14H25IN2O/c1-10(15)8-9-14(5)12(18-7)16-11(17(14)6)13(2,3)4/h8,11H,9H2,1-7H3/b10-8-. The van der Waals surface area contributed by atoms with Crippen LogP contribution in [0.5, 0.6) is 0 Å². The van der Waals surface area contributed by atoms with E-state index in [2.05, 4.69) is 75.2 Å². The van der Waals surface area contributed by atoms with Gasteiger partial charge in [-0.2, -0.15) is 0 Å². The van der Waals surface area contributed by atoms with E-state index in [9.17, 15) is 0 Å². The molecule has 18 heavy (non-hydrogen) atoms. The normalized spacial score (nSPS) is 30.6. The van der Waals surface area contributed by atoms with Crippen molar-refractivity contribution in [3.05, 3.63) is 9.66 Å². The van der Waals surface area contributed by atoms with E-state index in [1.807, 2.05) is 0 Å². The molecular weight excluding hydrogens is 339 g/mol. The first-order chi connectivity index (χ1) is 8.13. The van der Waals surface area contributed by atoms with Gasteiger partial charge in [-0.3, -0.25) is 4.90 Å². The van der Waals surface area contributed by atoms with Crippen LogP contribution in [0.4, 0.5) is 0 Å². The lowest BCUT2D eigenvalue weighted by molar-refractivity contribution is 0.0876. The zero-order valence-electron chi connectivity index (χ0n) is 12.5. The topological polar surface area (TPSA) is 24.8 Å². The van der Waals surface area contributed by atoms with Crippen molar-refractivity contribution in [3.63, 3.8) is 0 Å². The molecule has 1 rings (SSSR count). The molecule has 3 nitrogen and oxygen atoms in total. The third-order valence-corrected chi connectivity index (χ3v) is 4.03. The van der Waals surface area contributed by atoms with E-state index in [4.69, 9.17) is 9.73 Å². The quantitative estimate of drug-likeness (QED) is 0.696. The second kappa shape index (κ2) is 5.49. The number of allylic oxidation sites excluding steroid dienone is 1. The van der Waals surface area contributed by atoms with E-state index < -0.39 is 0 Å². The van der Waals surface area contributed by atoms with Crippen LogP contribution in [0.2, 0.25) is 0 Å². The van der Waals surface area contributed by atoms with Gasteiger partial charge >= 0.3 is 0 Å². The number of nitrogens with zero attached hydrogens (tertiary/aromatic N) is 2. The molecule has 2 atom stereocenters. The highest BCUT2D eigenvalue weighted by atomic mass is 127. The summed E-state index contributed by atoms with van der Waals surface area (Å²) in [6.07, 6.45) is 3.34. The SMILES string of the molecule is COC1=NC(C(C)(C)C)N(C)C1(C)C/C=C(/C)I. The van der Waals surface area contributed by atoms with Gasteiger partial charge in [0.1, 0.15) is 6.17 Å². The highest BCUT2D eigenvalue weighted by Crippen LogP contribution is 2.38. The molecule has 0 amide bonds. The lowest BCUT2D eigenvalue weighted by Crippen LogP contribution is -2.51. The van der Waals surface area contributed by atoms with Crippen molar-refractivity contribution in [2.75, 3.05) is 14.2 Å². The van der Waals surface area contributed by atoms with Crippen molar-refractivity contribution in [3.8, 4) is 0 Å². The molecule has 0 saturated heterocycles. The van der Waals surface area contributed by atoms with Crippen LogP contribution in [0.15, 0.2) is 14.6 Å². The van der Waals surface area contributed by atoms with Crippen LogP contribution >= 0.6 is 22.6 Å². The summed E-state index contributed by atoms with van der Waals surface area (Å²) < 4.78 is 6.83. The monoisotopic (exact) mass is 364 g/mol. The minimum atomic E-state index is -0.140. The smallest absolute Gasteiger partial charge is 0.205 e. The highest BCUT2D eigenvalue weighted by molar-refractivity contribution is 14.1. The summed E-state index contributed by atoms with van der Waals surface area (Å²) >= 11 is 2.35. The Kier molecular flexibility index (Phi) is 4.87. The fourth-order valence-corrected chi connectivity index (χ4v) is 2.60. The molecular formula is C14H25IN2O. The Hall–Kier alpha value is -0.100. The molecule has 0 spiro atoms. The van der Waals surface area contributed by atoms with E-state index in [0.29, 0.717) is 0 Å². The first kappa shape index (κ1) is 16.0. The minimum absolute atomic E-state index is 0.110. The first-order valence-electron chi connectivity index (χ1n) is 6.30. The molecule has 0 aliphatic carbocycles. The van der Waals surface area contributed by atoms with Crippen LogP contribution in [0.3, 0.4) is 0 Å². The predicted octanol–water partition coefficient (Wildman–Crippen LogP) is 3.84. The van der Waals surface area contributed by atoms with Gasteiger partial charge in [-0.15, -0.1) is 0 Å². The maximum Gasteiger partial charge on any atom is 0.205 e. The van der Waals surface area contributed by atoms with Gasteiger partial charge in [0.15, 0.2) is 0 Å². The maximum absolute atomic E-state index is 5.53. The zero-order chi connectivity index (χ0) is 14.1. The van der Waals surface area contributed by atoms with Gasteiger partial charge in [-0.1, -0.05) is 26.8 Å². The summed E-state index contributed by atoms with van der Waals surface area (Å²) in [6.45, 7) is 11.0. The number of hydrogen-bond acceptors (Lipinski definition) is 3. The van der Waals surface area contributed by atoms with Gasteiger partial charge in [0.05, 0.1) is 12.6 Å². The average Bonchev–Trinajstić information content (AvgIpc) is 2.49. The third kappa shape index (κ3) is 3.07. The van der Waals surface area contributed by atoms with Crippen LogP contribution in [0, 0.1) is 5.41 Å². The van der Waals surface area contributed by atoms with Crippen LogP contribution in [-0.4, -0.2) is 36.7 Å². The van der Waals surface area contributed by atoms with Gasteiger partial charge in [0, 0.05) is 0 Å². The number of likely N-dealkylation sites (N-methyl/N-ethyl adjacent to an activating group) is 1. The van der Waals surface area contributed by atoms with Crippen molar-refractivity contribution in [1.82, 2.24) is 4.90 Å².